The summed E-state index contributed by atoms with van der Waals surface area (Å²) < 4.78 is 42.0. The lowest BCUT2D eigenvalue weighted by atomic mass is 10.2. The summed E-state index contributed by atoms with van der Waals surface area (Å²) in [6, 6.07) is 0. The zero-order valence-corrected chi connectivity index (χ0v) is 8.82. The molecule has 0 unspecified atom stereocenters. The van der Waals surface area contributed by atoms with Gasteiger partial charge in [0.05, 0.1) is 7.11 Å². The van der Waals surface area contributed by atoms with Crippen LogP contribution in [0, 0.1) is 0 Å². The molecule has 1 aromatic heterocycles. The standard InChI is InChI=1S/C8H7BrF3NO/c1-14-7-5(2-9)3-13-4-6(7)8(10,11)12/h3-4H,2H2,1H3. The first-order valence-electron chi connectivity index (χ1n) is 3.64. The average Bonchev–Trinajstić information content (AvgIpc) is 2.15. The van der Waals surface area contributed by atoms with E-state index in [1.54, 1.807) is 0 Å². The van der Waals surface area contributed by atoms with E-state index in [9.17, 15) is 13.2 Å². The van der Waals surface area contributed by atoms with Crippen molar-refractivity contribution in [1.29, 1.82) is 0 Å². The maximum atomic E-state index is 12.4. The van der Waals surface area contributed by atoms with E-state index < -0.39 is 11.7 Å². The SMILES string of the molecule is COc1c(CBr)cncc1C(F)(F)F. The number of alkyl halides is 4. The van der Waals surface area contributed by atoms with Crippen LogP contribution in [0.2, 0.25) is 0 Å². The van der Waals surface area contributed by atoms with E-state index in [1.165, 1.54) is 13.3 Å². The molecule has 14 heavy (non-hydrogen) atoms. The molecular formula is C8H7BrF3NO. The molecule has 0 fully saturated rings. The third-order valence-corrected chi connectivity index (χ3v) is 2.23. The van der Waals surface area contributed by atoms with Crippen molar-refractivity contribution in [2.45, 2.75) is 11.5 Å². The second kappa shape index (κ2) is 4.16. The van der Waals surface area contributed by atoms with Gasteiger partial charge in [0.25, 0.3) is 0 Å². The van der Waals surface area contributed by atoms with Crippen LogP contribution in [0.5, 0.6) is 5.75 Å². The molecule has 0 aliphatic heterocycles. The van der Waals surface area contributed by atoms with Gasteiger partial charge in [0.2, 0.25) is 0 Å². The molecule has 1 aromatic rings. The number of nitrogens with zero attached hydrogens (tertiary/aromatic N) is 1. The van der Waals surface area contributed by atoms with Crippen LogP contribution in [0.1, 0.15) is 11.1 Å². The first-order valence-corrected chi connectivity index (χ1v) is 4.77. The molecule has 0 aromatic carbocycles. The Morgan fingerprint density at radius 3 is 2.50 bits per heavy atom. The maximum absolute atomic E-state index is 12.4. The van der Waals surface area contributed by atoms with E-state index in [0.29, 0.717) is 5.56 Å². The van der Waals surface area contributed by atoms with Crippen LogP contribution in [0.3, 0.4) is 0 Å². The fourth-order valence-electron chi connectivity index (χ4n) is 1.03. The van der Waals surface area contributed by atoms with Crippen molar-refractivity contribution in [3.8, 4) is 5.75 Å². The third kappa shape index (κ3) is 2.17. The molecule has 6 heteroatoms. The molecule has 0 aliphatic rings. The molecule has 0 aliphatic carbocycles. The lowest BCUT2D eigenvalue weighted by Gasteiger charge is -2.13. The topological polar surface area (TPSA) is 22.1 Å². The Labute approximate surface area is 87.2 Å². The monoisotopic (exact) mass is 269 g/mol. The fourth-order valence-corrected chi connectivity index (χ4v) is 1.43. The molecule has 0 amide bonds. The molecule has 1 rings (SSSR count). The summed E-state index contributed by atoms with van der Waals surface area (Å²) in [4.78, 5) is 3.50. The van der Waals surface area contributed by atoms with Crippen LogP contribution in [-0.4, -0.2) is 12.1 Å². The van der Waals surface area contributed by atoms with Gasteiger partial charge in [-0.2, -0.15) is 13.2 Å². The van der Waals surface area contributed by atoms with Gasteiger partial charge >= 0.3 is 6.18 Å². The van der Waals surface area contributed by atoms with E-state index in [4.69, 9.17) is 4.74 Å². The van der Waals surface area contributed by atoms with Crippen LogP contribution >= 0.6 is 15.9 Å². The minimum atomic E-state index is -4.43. The summed E-state index contributed by atoms with van der Waals surface area (Å²) in [7, 11) is 1.21. The van der Waals surface area contributed by atoms with Gasteiger partial charge in [0.1, 0.15) is 11.3 Å². The second-order valence-electron chi connectivity index (χ2n) is 2.51. The number of hydrogen-bond acceptors (Lipinski definition) is 2. The highest BCUT2D eigenvalue weighted by atomic mass is 79.9. The van der Waals surface area contributed by atoms with Crippen molar-refractivity contribution in [2.75, 3.05) is 7.11 Å². The molecule has 78 valence electrons. The predicted molar refractivity (Wildman–Crippen MR) is 48.4 cm³/mol. The Kier molecular flexibility index (Phi) is 3.36. The number of rotatable bonds is 2. The second-order valence-corrected chi connectivity index (χ2v) is 3.07. The maximum Gasteiger partial charge on any atom is 0.421 e. The van der Waals surface area contributed by atoms with Crippen LogP contribution in [0.15, 0.2) is 12.4 Å². The van der Waals surface area contributed by atoms with Crippen molar-refractivity contribution < 1.29 is 17.9 Å². The van der Waals surface area contributed by atoms with Crippen LogP contribution < -0.4 is 4.74 Å². The van der Waals surface area contributed by atoms with E-state index in [-0.39, 0.29) is 11.1 Å². The van der Waals surface area contributed by atoms with E-state index in [0.717, 1.165) is 6.20 Å². The van der Waals surface area contributed by atoms with Crippen molar-refractivity contribution in [3.63, 3.8) is 0 Å². The van der Waals surface area contributed by atoms with Crippen molar-refractivity contribution >= 4 is 15.9 Å². The van der Waals surface area contributed by atoms with E-state index in [1.807, 2.05) is 0 Å². The molecular weight excluding hydrogens is 263 g/mol. The van der Waals surface area contributed by atoms with Crippen LogP contribution in [0.25, 0.3) is 0 Å². The molecule has 2 nitrogen and oxygen atoms in total. The third-order valence-electron chi connectivity index (χ3n) is 1.62. The summed E-state index contributed by atoms with van der Waals surface area (Å²) in [5.74, 6) is -0.177. The zero-order valence-electron chi connectivity index (χ0n) is 7.23. The fraction of sp³-hybridized carbons (Fsp3) is 0.375. The number of hydrogen-bond donors (Lipinski definition) is 0. The highest BCUT2D eigenvalue weighted by Gasteiger charge is 2.35. The van der Waals surface area contributed by atoms with Gasteiger partial charge in [0, 0.05) is 23.3 Å². The highest BCUT2D eigenvalue weighted by molar-refractivity contribution is 9.08. The highest BCUT2D eigenvalue weighted by Crippen LogP contribution is 2.37. The van der Waals surface area contributed by atoms with Crippen molar-refractivity contribution in [2.24, 2.45) is 0 Å². The van der Waals surface area contributed by atoms with Gasteiger partial charge < -0.3 is 4.74 Å². The van der Waals surface area contributed by atoms with Crippen LogP contribution in [-0.2, 0) is 11.5 Å². The lowest BCUT2D eigenvalue weighted by molar-refractivity contribution is -0.139. The Hall–Kier alpha value is -0.780. The first-order chi connectivity index (χ1) is 6.50. The molecule has 0 radical (unpaired) electrons. The Bertz CT molecular complexity index is 327. The largest absolute Gasteiger partial charge is 0.496 e. The number of pyridine rings is 1. The van der Waals surface area contributed by atoms with Gasteiger partial charge in [-0.3, -0.25) is 4.98 Å². The molecule has 0 spiro atoms. The summed E-state index contributed by atoms with van der Waals surface area (Å²) >= 11 is 3.06. The molecule has 0 saturated carbocycles. The normalized spacial score (nSPS) is 11.5. The molecule has 0 saturated heterocycles. The van der Waals surface area contributed by atoms with Gasteiger partial charge in [-0.25, -0.2) is 0 Å². The Morgan fingerprint density at radius 2 is 2.07 bits per heavy atom. The van der Waals surface area contributed by atoms with Gasteiger partial charge in [0.15, 0.2) is 0 Å². The van der Waals surface area contributed by atoms with Gasteiger partial charge in [-0.15, -0.1) is 0 Å². The van der Waals surface area contributed by atoms with E-state index in [2.05, 4.69) is 20.9 Å². The average molecular weight is 270 g/mol. The minimum absolute atomic E-state index is 0.177. The first kappa shape index (κ1) is 11.3. The smallest absolute Gasteiger partial charge is 0.421 e. The summed E-state index contributed by atoms with van der Waals surface area (Å²) in [5.41, 5.74) is -0.473. The van der Waals surface area contributed by atoms with Gasteiger partial charge in [-0.1, -0.05) is 15.9 Å². The zero-order chi connectivity index (χ0) is 10.8. The lowest BCUT2D eigenvalue weighted by Crippen LogP contribution is -2.09. The number of halogens is 4. The van der Waals surface area contributed by atoms with Crippen molar-refractivity contribution in [3.05, 3.63) is 23.5 Å². The molecule has 0 atom stereocenters. The Balaban J connectivity index is 3.29. The number of aromatic nitrogens is 1. The summed E-state index contributed by atoms with van der Waals surface area (Å²) in [6.07, 6.45) is -2.34. The summed E-state index contributed by atoms with van der Waals surface area (Å²) in [6.45, 7) is 0. The van der Waals surface area contributed by atoms with Gasteiger partial charge in [-0.05, 0) is 0 Å². The molecule has 0 N–H and O–H groups in total. The van der Waals surface area contributed by atoms with E-state index >= 15 is 0 Å². The minimum Gasteiger partial charge on any atom is -0.496 e. The predicted octanol–water partition coefficient (Wildman–Crippen LogP) is 3.00. The van der Waals surface area contributed by atoms with Crippen molar-refractivity contribution in [1.82, 2.24) is 4.98 Å². The van der Waals surface area contributed by atoms with Crippen LogP contribution in [0.4, 0.5) is 13.2 Å². The summed E-state index contributed by atoms with van der Waals surface area (Å²) in [5, 5.41) is 0.271. The number of ether oxygens (including phenoxy) is 1. The number of methoxy groups -OCH3 is 1. The molecule has 0 bridgehead atoms. The Morgan fingerprint density at radius 1 is 1.43 bits per heavy atom. The quantitative estimate of drug-likeness (QED) is 0.771. The molecule has 1 heterocycles.